The van der Waals surface area contributed by atoms with E-state index in [1.165, 1.54) is 6.07 Å². The van der Waals surface area contributed by atoms with E-state index in [1.807, 2.05) is 25.9 Å². The summed E-state index contributed by atoms with van der Waals surface area (Å²) >= 11 is 5.94. The summed E-state index contributed by atoms with van der Waals surface area (Å²) in [5, 5.41) is 0.564. The zero-order chi connectivity index (χ0) is 14.9. The maximum absolute atomic E-state index is 13.3. The molecule has 108 valence electrons. The highest BCUT2D eigenvalue weighted by molar-refractivity contribution is 6.29. The minimum atomic E-state index is -0.834. The lowest BCUT2D eigenvalue weighted by Gasteiger charge is -2.24. The number of nitrogens with zero attached hydrogens (tertiary/aromatic N) is 3. The first-order valence-corrected chi connectivity index (χ1v) is 6.59. The third-order valence-corrected chi connectivity index (χ3v) is 3.86. The molecule has 0 saturated carbocycles. The van der Waals surface area contributed by atoms with Gasteiger partial charge in [-0.25, -0.2) is 13.8 Å². The number of hydrogen-bond donors (Lipinski definition) is 0. The van der Waals surface area contributed by atoms with E-state index in [0.29, 0.717) is 17.3 Å². The monoisotopic (exact) mass is 299 g/mol. The Bertz CT molecular complexity index is 612. The first-order chi connectivity index (χ1) is 9.40. The molecule has 1 aromatic heterocycles. The number of rotatable bonds is 4. The molecule has 20 heavy (non-hydrogen) atoms. The predicted molar refractivity (Wildman–Crippen MR) is 74.5 cm³/mol. The van der Waals surface area contributed by atoms with E-state index in [2.05, 4.69) is 4.98 Å². The number of halogens is 3. The average molecular weight is 300 g/mol. The number of benzene rings is 1. The lowest BCUT2D eigenvalue weighted by molar-refractivity contribution is 0.244. The van der Waals surface area contributed by atoms with Gasteiger partial charge in [0, 0.05) is 13.1 Å². The molecule has 2 rings (SSSR count). The Morgan fingerprint density at radius 1 is 1.35 bits per heavy atom. The fourth-order valence-corrected chi connectivity index (χ4v) is 2.10. The van der Waals surface area contributed by atoms with E-state index in [9.17, 15) is 8.78 Å². The van der Waals surface area contributed by atoms with Gasteiger partial charge in [0.15, 0.2) is 11.6 Å². The minimum Gasteiger partial charge on any atom is -0.321 e. The van der Waals surface area contributed by atoms with Crippen molar-refractivity contribution in [2.75, 3.05) is 7.05 Å². The predicted octanol–water partition coefficient (Wildman–Crippen LogP) is 3.54. The summed E-state index contributed by atoms with van der Waals surface area (Å²) in [6, 6.07) is 3.89. The van der Waals surface area contributed by atoms with Crippen molar-refractivity contribution in [3.63, 3.8) is 0 Å². The second-order valence-corrected chi connectivity index (χ2v) is 5.21. The van der Waals surface area contributed by atoms with Gasteiger partial charge >= 0.3 is 0 Å². The summed E-state index contributed by atoms with van der Waals surface area (Å²) in [5.41, 5.74) is 0.715. The molecule has 0 fully saturated rings. The molecule has 3 nitrogen and oxygen atoms in total. The molecule has 6 heteroatoms. The molecule has 0 aliphatic carbocycles. The van der Waals surface area contributed by atoms with E-state index in [1.54, 1.807) is 16.8 Å². The maximum Gasteiger partial charge on any atom is 0.159 e. The Morgan fingerprint density at radius 2 is 2.05 bits per heavy atom. The average Bonchev–Trinajstić information content (AvgIpc) is 2.73. The van der Waals surface area contributed by atoms with Crippen molar-refractivity contribution in [1.82, 2.24) is 14.5 Å². The Hall–Kier alpha value is -1.46. The van der Waals surface area contributed by atoms with Crippen molar-refractivity contribution < 1.29 is 8.78 Å². The van der Waals surface area contributed by atoms with Crippen molar-refractivity contribution in [2.45, 2.75) is 19.5 Å². The third-order valence-electron chi connectivity index (χ3n) is 3.51. The van der Waals surface area contributed by atoms with Crippen LogP contribution in [-0.4, -0.2) is 21.5 Å². The van der Waals surface area contributed by atoms with Crippen LogP contribution in [0, 0.1) is 11.6 Å². The zero-order valence-electron chi connectivity index (χ0n) is 11.6. The van der Waals surface area contributed by atoms with Crippen LogP contribution in [0.1, 0.15) is 24.4 Å². The van der Waals surface area contributed by atoms with Crippen molar-refractivity contribution in [3.8, 4) is 0 Å². The molecule has 0 amide bonds. The topological polar surface area (TPSA) is 21.1 Å². The molecule has 0 spiro atoms. The lowest BCUT2D eigenvalue weighted by atomic mass is 10.1. The quantitative estimate of drug-likeness (QED) is 0.861. The molecule has 0 bridgehead atoms. The number of hydrogen-bond acceptors (Lipinski definition) is 2. The standard InChI is InChI=1S/C14H16ClF2N3/c1-9(10-4-5-11(16)12(17)6-10)19(2)8-14-18-7-13(15)20(14)3/h4-7,9H,8H2,1-3H3. The number of aromatic nitrogens is 2. The largest absolute Gasteiger partial charge is 0.321 e. The molecule has 0 aliphatic heterocycles. The number of imidazole rings is 1. The molecular weight excluding hydrogens is 284 g/mol. The highest BCUT2D eigenvalue weighted by Gasteiger charge is 2.16. The van der Waals surface area contributed by atoms with Crippen molar-refractivity contribution in [1.29, 1.82) is 0 Å². The highest BCUT2D eigenvalue weighted by atomic mass is 35.5. The summed E-state index contributed by atoms with van der Waals surface area (Å²) in [6.45, 7) is 2.49. The Labute approximate surface area is 121 Å². The summed E-state index contributed by atoms with van der Waals surface area (Å²) in [5.74, 6) is -0.853. The fraction of sp³-hybridized carbons (Fsp3) is 0.357. The molecule has 0 saturated heterocycles. The van der Waals surface area contributed by atoms with E-state index in [4.69, 9.17) is 11.6 Å². The summed E-state index contributed by atoms with van der Waals surface area (Å²) in [6.07, 6.45) is 1.59. The van der Waals surface area contributed by atoms with Crippen LogP contribution in [0.15, 0.2) is 24.4 Å². The van der Waals surface area contributed by atoms with E-state index in [-0.39, 0.29) is 6.04 Å². The smallest absolute Gasteiger partial charge is 0.159 e. The molecular formula is C14H16ClF2N3. The maximum atomic E-state index is 13.3. The van der Waals surface area contributed by atoms with E-state index >= 15 is 0 Å². The molecule has 1 aromatic carbocycles. The molecule has 1 heterocycles. The molecule has 2 aromatic rings. The van der Waals surface area contributed by atoms with Gasteiger partial charge in [0.25, 0.3) is 0 Å². The summed E-state index contributed by atoms with van der Waals surface area (Å²) in [4.78, 5) is 6.21. The van der Waals surface area contributed by atoms with Crippen molar-refractivity contribution in [2.24, 2.45) is 7.05 Å². The first-order valence-electron chi connectivity index (χ1n) is 6.21. The van der Waals surface area contributed by atoms with Crippen LogP contribution in [0.5, 0.6) is 0 Å². The Morgan fingerprint density at radius 3 is 2.60 bits per heavy atom. The normalized spacial score (nSPS) is 12.9. The SMILES string of the molecule is CC(c1ccc(F)c(F)c1)N(C)Cc1ncc(Cl)n1C. The van der Waals surface area contributed by atoms with Crippen LogP contribution < -0.4 is 0 Å². The van der Waals surface area contributed by atoms with E-state index in [0.717, 1.165) is 11.9 Å². The van der Waals surface area contributed by atoms with Crippen LogP contribution in [0.2, 0.25) is 5.15 Å². The lowest BCUT2D eigenvalue weighted by Crippen LogP contribution is -2.23. The van der Waals surface area contributed by atoms with Gasteiger partial charge in [-0.1, -0.05) is 17.7 Å². The first kappa shape index (κ1) is 14.9. The Balaban J connectivity index is 2.14. The van der Waals surface area contributed by atoms with Crippen LogP contribution in [-0.2, 0) is 13.6 Å². The summed E-state index contributed by atoms with van der Waals surface area (Å²) in [7, 11) is 3.73. The Kier molecular flexibility index (Phi) is 4.40. The van der Waals surface area contributed by atoms with Gasteiger partial charge in [-0.2, -0.15) is 0 Å². The van der Waals surface area contributed by atoms with Gasteiger partial charge in [0.05, 0.1) is 12.7 Å². The van der Waals surface area contributed by atoms with Gasteiger partial charge in [0.1, 0.15) is 11.0 Å². The van der Waals surface area contributed by atoms with Crippen molar-refractivity contribution >= 4 is 11.6 Å². The highest BCUT2D eigenvalue weighted by Crippen LogP contribution is 2.22. The fourth-order valence-electron chi connectivity index (χ4n) is 1.96. The van der Waals surface area contributed by atoms with Crippen LogP contribution in [0.3, 0.4) is 0 Å². The molecule has 0 aliphatic rings. The minimum absolute atomic E-state index is 0.0689. The van der Waals surface area contributed by atoms with Gasteiger partial charge < -0.3 is 4.57 Å². The van der Waals surface area contributed by atoms with Gasteiger partial charge in [0.2, 0.25) is 0 Å². The van der Waals surface area contributed by atoms with Crippen LogP contribution in [0.25, 0.3) is 0 Å². The zero-order valence-corrected chi connectivity index (χ0v) is 12.3. The van der Waals surface area contributed by atoms with Crippen LogP contribution in [0.4, 0.5) is 8.78 Å². The van der Waals surface area contributed by atoms with Gasteiger partial charge in [-0.05, 0) is 31.7 Å². The van der Waals surface area contributed by atoms with Crippen molar-refractivity contribution in [3.05, 3.63) is 52.6 Å². The van der Waals surface area contributed by atoms with Gasteiger partial charge in [-0.3, -0.25) is 4.90 Å². The second kappa shape index (κ2) is 5.89. The summed E-state index contributed by atoms with van der Waals surface area (Å²) < 4.78 is 28.0. The molecule has 0 radical (unpaired) electrons. The van der Waals surface area contributed by atoms with Crippen LogP contribution >= 0.6 is 11.6 Å². The molecule has 1 atom stereocenters. The molecule has 1 unspecified atom stereocenters. The second-order valence-electron chi connectivity index (χ2n) is 4.82. The molecule has 0 N–H and O–H groups in total. The third kappa shape index (κ3) is 2.99. The van der Waals surface area contributed by atoms with E-state index < -0.39 is 11.6 Å². The van der Waals surface area contributed by atoms with Gasteiger partial charge in [-0.15, -0.1) is 0 Å².